The number of nitrogens with zero attached hydrogens (tertiary/aromatic N) is 1. The van der Waals surface area contributed by atoms with Crippen molar-refractivity contribution in [1.29, 1.82) is 0 Å². The number of dihydropyridines is 1. The van der Waals surface area contributed by atoms with Crippen molar-refractivity contribution in [2.45, 2.75) is 40.0 Å². The second-order valence-corrected chi connectivity index (χ2v) is 7.45. The van der Waals surface area contributed by atoms with Gasteiger partial charge in [-0.3, -0.25) is 14.4 Å². The molecule has 1 atom stereocenters. The van der Waals surface area contributed by atoms with Crippen LogP contribution in [0.25, 0.3) is 0 Å². The van der Waals surface area contributed by atoms with E-state index in [0.717, 1.165) is 12.0 Å². The summed E-state index contributed by atoms with van der Waals surface area (Å²) in [5.74, 6) is -1.62. The third-order valence-corrected chi connectivity index (χ3v) is 4.69. The molecule has 0 saturated heterocycles. The second kappa shape index (κ2) is 6.39. The summed E-state index contributed by atoms with van der Waals surface area (Å²) in [5.41, 5.74) is 2.11. The van der Waals surface area contributed by atoms with Crippen LogP contribution in [0, 0.1) is 11.3 Å². The fourth-order valence-corrected chi connectivity index (χ4v) is 3.35. The molecule has 1 fully saturated rings. The summed E-state index contributed by atoms with van der Waals surface area (Å²) in [7, 11) is 0. The van der Waals surface area contributed by atoms with Crippen LogP contribution in [0.5, 0.6) is 0 Å². The Morgan fingerprint density at radius 1 is 1.20 bits per heavy atom. The molecule has 130 valence electrons. The van der Waals surface area contributed by atoms with Crippen LogP contribution in [0.4, 0.5) is 5.69 Å². The summed E-state index contributed by atoms with van der Waals surface area (Å²) in [6, 6.07) is 7.45. The smallest absolute Gasteiger partial charge is 0.282 e. The lowest BCUT2D eigenvalue weighted by Gasteiger charge is -2.34. The molecule has 0 radical (unpaired) electrons. The Morgan fingerprint density at radius 2 is 1.88 bits per heavy atom. The monoisotopic (exact) mass is 338 g/mol. The van der Waals surface area contributed by atoms with Gasteiger partial charge in [0.15, 0.2) is 0 Å². The minimum absolute atomic E-state index is 0.0140. The van der Waals surface area contributed by atoms with Crippen molar-refractivity contribution in [1.82, 2.24) is 0 Å². The number of ketones is 1. The normalized spacial score (nSPS) is 22.0. The molecule has 5 nitrogen and oxygen atoms in total. The molecule has 1 saturated carbocycles. The molecule has 1 aromatic carbocycles. The number of aryl methyl sites for hydroxylation is 1. The summed E-state index contributed by atoms with van der Waals surface area (Å²) in [6.07, 6.45) is 3.42. The highest BCUT2D eigenvalue weighted by Gasteiger charge is 2.40. The maximum Gasteiger partial charge on any atom is 0.282 e. The number of amides is 2. The number of benzene rings is 1. The van der Waals surface area contributed by atoms with E-state index in [-0.39, 0.29) is 16.8 Å². The summed E-state index contributed by atoms with van der Waals surface area (Å²) >= 11 is 0. The number of carbonyl (C=O) groups is 3. The van der Waals surface area contributed by atoms with Crippen molar-refractivity contribution >= 4 is 29.0 Å². The number of anilines is 1. The van der Waals surface area contributed by atoms with Gasteiger partial charge in [-0.15, -0.1) is 0 Å². The lowest BCUT2D eigenvalue weighted by molar-refractivity contribution is -0.122. The third kappa shape index (κ3) is 3.60. The Morgan fingerprint density at radius 3 is 2.52 bits per heavy atom. The van der Waals surface area contributed by atoms with Gasteiger partial charge in [0, 0.05) is 17.8 Å². The van der Waals surface area contributed by atoms with Gasteiger partial charge in [0.05, 0.1) is 5.92 Å². The van der Waals surface area contributed by atoms with Gasteiger partial charge in [-0.1, -0.05) is 32.9 Å². The van der Waals surface area contributed by atoms with Crippen molar-refractivity contribution in [3.05, 3.63) is 41.5 Å². The van der Waals surface area contributed by atoms with Crippen molar-refractivity contribution in [3.8, 4) is 0 Å². The molecule has 2 aliphatic rings. The SMILES string of the molecule is CCc1ccc(NC(=O)C2=CC3C(=O)CC(C)(C)CC3=NC2=O)cc1. The largest absolute Gasteiger partial charge is 0.322 e. The van der Waals surface area contributed by atoms with Gasteiger partial charge in [-0.05, 0) is 42.0 Å². The predicted octanol–water partition coefficient (Wildman–Crippen LogP) is 3.10. The number of nitrogens with one attached hydrogen (secondary N) is 1. The number of allylic oxidation sites excluding steroid dienone is 1. The molecular formula is C20H22N2O3. The molecule has 1 N–H and O–H groups in total. The average molecular weight is 338 g/mol. The number of fused-ring (bicyclic) bond motifs is 1. The molecule has 0 spiro atoms. The Hall–Kier alpha value is -2.56. The maximum absolute atomic E-state index is 12.5. The van der Waals surface area contributed by atoms with E-state index in [1.54, 1.807) is 12.1 Å². The summed E-state index contributed by atoms with van der Waals surface area (Å²) in [6.45, 7) is 6.02. The fourth-order valence-electron chi connectivity index (χ4n) is 3.35. The Kier molecular flexibility index (Phi) is 4.41. The predicted molar refractivity (Wildman–Crippen MR) is 96.5 cm³/mol. The first-order chi connectivity index (χ1) is 11.8. The molecule has 1 aliphatic carbocycles. The van der Waals surface area contributed by atoms with Crippen LogP contribution in [0.2, 0.25) is 0 Å². The number of Topliss-reactive ketones (excluding diaryl/α,β-unsaturated/α-hetero) is 1. The fraction of sp³-hybridized carbons (Fsp3) is 0.400. The molecule has 0 bridgehead atoms. The molecule has 1 unspecified atom stereocenters. The Bertz CT molecular complexity index is 801. The molecule has 0 aromatic heterocycles. The minimum atomic E-state index is -0.570. The quantitative estimate of drug-likeness (QED) is 0.861. The zero-order valence-corrected chi connectivity index (χ0v) is 14.8. The van der Waals surface area contributed by atoms with Gasteiger partial charge in [-0.25, -0.2) is 4.99 Å². The van der Waals surface area contributed by atoms with Crippen LogP contribution >= 0.6 is 0 Å². The van der Waals surface area contributed by atoms with E-state index in [9.17, 15) is 14.4 Å². The van der Waals surface area contributed by atoms with E-state index in [4.69, 9.17) is 0 Å². The van der Waals surface area contributed by atoms with E-state index in [1.807, 2.05) is 26.0 Å². The van der Waals surface area contributed by atoms with Crippen molar-refractivity contribution in [3.63, 3.8) is 0 Å². The van der Waals surface area contributed by atoms with Crippen LogP contribution in [-0.2, 0) is 20.8 Å². The van der Waals surface area contributed by atoms with Gasteiger partial charge in [0.2, 0.25) is 0 Å². The number of carbonyl (C=O) groups excluding carboxylic acids is 3. The third-order valence-electron chi connectivity index (χ3n) is 4.69. The van der Waals surface area contributed by atoms with Crippen molar-refractivity contribution in [2.75, 3.05) is 5.32 Å². The number of hydrogen-bond acceptors (Lipinski definition) is 3. The maximum atomic E-state index is 12.5. The van der Waals surface area contributed by atoms with E-state index >= 15 is 0 Å². The van der Waals surface area contributed by atoms with Crippen LogP contribution in [-0.4, -0.2) is 23.3 Å². The summed E-state index contributed by atoms with van der Waals surface area (Å²) in [5, 5.41) is 2.71. The molecular weight excluding hydrogens is 316 g/mol. The molecule has 3 rings (SSSR count). The number of rotatable bonds is 3. The van der Waals surface area contributed by atoms with Crippen molar-refractivity contribution in [2.24, 2.45) is 16.3 Å². The van der Waals surface area contributed by atoms with E-state index in [1.165, 1.54) is 6.08 Å². The minimum Gasteiger partial charge on any atom is -0.322 e. The molecule has 1 heterocycles. The molecule has 5 heteroatoms. The van der Waals surface area contributed by atoms with Gasteiger partial charge < -0.3 is 5.32 Å². The lowest BCUT2D eigenvalue weighted by Crippen LogP contribution is -2.40. The van der Waals surface area contributed by atoms with E-state index in [2.05, 4.69) is 17.2 Å². The van der Waals surface area contributed by atoms with Crippen LogP contribution in [0.3, 0.4) is 0 Å². The van der Waals surface area contributed by atoms with Gasteiger partial charge in [0.25, 0.3) is 11.8 Å². The molecule has 25 heavy (non-hydrogen) atoms. The van der Waals surface area contributed by atoms with Crippen LogP contribution < -0.4 is 5.32 Å². The van der Waals surface area contributed by atoms with E-state index < -0.39 is 17.7 Å². The highest BCUT2D eigenvalue weighted by molar-refractivity contribution is 6.28. The molecule has 1 aliphatic heterocycles. The number of hydrogen-bond donors (Lipinski definition) is 1. The second-order valence-electron chi connectivity index (χ2n) is 7.45. The van der Waals surface area contributed by atoms with Crippen LogP contribution in [0.15, 0.2) is 40.9 Å². The van der Waals surface area contributed by atoms with Crippen LogP contribution in [0.1, 0.15) is 39.2 Å². The van der Waals surface area contributed by atoms with E-state index in [0.29, 0.717) is 24.2 Å². The Labute approximate surface area is 147 Å². The summed E-state index contributed by atoms with van der Waals surface area (Å²) in [4.78, 5) is 41.2. The first-order valence-electron chi connectivity index (χ1n) is 8.56. The van der Waals surface area contributed by atoms with Gasteiger partial charge in [-0.2, -0.15) is 0 Å². The van der Waals surface area contributed by atoms with Gasteiger partial charge in [0.1, 0.15) is 11.4 Å². The highest BCUT2D eigenvalue weighted by atomic mass is 16.2. The first kappa shape index (κ1) is 17.3. The Balaban J connectivity index is 1.79. The van der Waals surface area contributed by atoms with Gasteiger partial charge >= 0.3 is 0 Å². The first-order valence-corrected chi connectivity index (χ1v) is 8.56. The zero-order valence-electron chi connectivity index (χ0n) is 14.8. The zero-order chi connectivity index (χ0) is 18.2. The number of aliphatic imine (C=N–C) groups is 1. The summed E-state index contributed by atoms with van der Waals surface area (Å²) < 4.78 is 0. The lowest BCUT2D eigenvalue weighted by atomic mass is 9.70. The topological polar surface area (TPSA) is 75.6 Å². The molecule has 2 amide bonds. The highest BCUT2D eigenvalue weighted by Crippen LogP contribution is 2.37. The molecule has 1 aromatic rings. The average Bonchev–Trinajstić information content (AvgIpc) is 2.53. The standard InChI is InChI=1S/C20H22N2O3/c1-4-12-5-7-13(8-6-12)21-18(24)15-9-14-16(22-19(15)25)10-20(2,3)11-17(14)23/h5-9,14H,4,10-11H2,1-3H3,(H,21,24). The van der Waals surface area contributed by atoms with Crippen molar-refractivity contribution < 1.29 is 14.4 Å².